The van der Waals surface area contributed by atoms with Crippen molar-refractivity contribution >= 4 is 85.9 Å². The molecule has 100 heavy (non-hydrogen) atoms. The van der Waals surface area contributed by atoms with Crippen molar-refractivity contribution in [2.75, 3.05) is 234 Å². The highest BCUT2D eigenvalue weighted by Crippen LogP contribution is 2.33. The molecule has 0 bridgehead atoms. The van der Waals surface area contributed by atoms with E-state index in [1.165, 1.54) is 5.69 Å². The molecule has 2 aromatic heterocycles. The summed E-state index contributed by atoms with van der Waals surface area (Å²) in [4.78, 5) is 55.3. The van der Waals surface area contributed by atoms with Crippen LogP contribution in [-0.4, -0.2) is 278 Å². The maximum absolute atomic E-state index is 12.0. The lowest BCUT2D eigenvalue weighted by Crippen LogP contribution is -2.47. The van der Waals surface area contributed by atoms with Crippen LogP contribution in [0.1, 0.15) is 25.6 Å². The number of nitrogens with one attached hydrogen (secondary N) is 3. The van der Waals surface area contributed by atoms with E-state index in [-0.39, 0.29) is 42.4 Å². The number of piperazine rings is 2. The van der Waals surface area contributed by atoms with Crippen LogP contribution >= 0.6 is 23.2 Å². The molecule has 2 aliphatic rings. The first-order valence-electron chi connectivity index (χ1n) is 34.2. The lowest BCUT2D eigenvalue weighted by Gasteiger charge is -2.36. The van der Waals surface area contributed by atoms with Crippen LogP contribution in [-0.2, 0) is 68.1 Å². The SMILES string of the molecule is CCNC(=O)CCOCCOCCOCCOCCOCCC(=O)NCCOCCOCCOCCN1CCN(c2ccc(-c3nc(CC(=N)N)nc4ccc(Cl)cc34)cc2)CC1.COCCOCCOCCN1CCN(c2ccc(-c3nc(N=C(N)N)nc4ccc(Cl)cc34)cc2)CC1. The highest BCUT2D eigenvalue weighted by molar-refractivity contribution is 6.31. The summed E-state index contributed by atoms with van der Waals surface area (Å²) < 4.78 is 60.2. The van der Waals surface area contributed by atoms with E-state index in [0.29, 0.717) is 174 Å². The van der Waals surface area contributed by atoms with Crippen LogP contribution in [0.25, 0.3) is 44.3 Å². The van der Waals surface area contributed by atoms with Crippen molar-refractivity contribution < 1.29 is 61.7 Å². The molecule has 6 aromatic rings. The predicted octanol–water partition coefficient (Wildman–Crippen LogP) is 5.37. The van der Waals surface area contributed by atoms with Gasteiger partial charge in [0.2, 0.25) is 11.8 Å². The maximum Gasteiger partial charge on any atom is 0.253 e. The van der Waals surface area contributed by atoms with Crippen molar-refractivity contribution in [2.24, 2.45) is 22.2 Å². The normalized spacial score (nSPS) is 13.6. The minimum absolute atomic E-state index is 0.0130. The van der Waals surface area contributed by atoms with Gasteiger partial charge in [-0.1, -0.05) is 47.5 Å². The second-order valence-electron chi connectivity index (χ2n) is 23.1. The van der Waals surface area contributed by atoms with E-state index in [0.717, 1.165) is 115 Å². The van der Waals surface area contributed by atoms with Gasteiger partial charge in [0.25, 0.3) is 5.95 Å². The minimum atomic E-state index is -0.0930. The summed E-state index contributed by atoms with van der Waals surface area (Å²) in [5.74, 6) is 0.546. The lowest BCUT2D eigenvalue weighted by atomic mass is 10.1. The molecule has 2 amide bonds. The zero-order valence-electron chi connectivity index (χ0n) is 57.9. The Morgan fingerprint density at radius 2 is 0.870 bits per heavy atom. The van der Waals surface area contributed by atoms with Crippen LogP contribution in [0.2, 0.25) is 10.0 Å². The van der Waals surface area contributed by atoms with E-state index in [9.17, 15) is 9.59 Å². The molecule has 2 aliphatic heterocycles. The summed E-state index contributed by atoms with van der Waals surface area (Å²) >= 11 is 12.6. The highest BCUT2D eigenvalue weighted by Gasteiger charge is 2.21. The lowest BCUT2D eigenvalue weighted by molar-refractivity contribution is -0.123. The Morgan fingerprint density at radius 1 is 0.480 bits per heavy atom. The van der Waals surface area contributed by atoms with Crippen LogP contribution in [0.3, 0.4) is 0 Å². The molecule has 4 heterocycles. The van der Waals surface area contributed by atoms with Crippen LogP contribution in [0.15, 0.2) is 89.9 Å². The number of guanidine groups is 1. The third-order valence-electron chi connectivity index (χ3n) is 15.7. The van der Waals surface area contributed by atoms with E-state index in [1.54, 1.807) is 19.2 Å². The molecule has 548 valence electrons. The first kappa shape index (κ1) is 80.2. The third kappa shape index (κ3) is 30.6. The number of hydrogen-bond acceptors (Lipinski definition) is 23. The third-order valence-corrected chi connectivity index (χ3v) is 16.2. The number of methoxy groups -OCH3 is 1. The number of aliphatic imine (C=N–C) groups is 1. The number of amides is 2. The zero-order valence-corrected chi connectivity index (χ0v) is 59.4. The topological polar surface area (TPSA) is 339 Å². The Kier molecular flexibility index (Phi) is 37.8. The fraction of sp³-hybridized carbons (Fsp3) is 0.543. The van der Waals surface area contributed by atoms with Crippen molar-refractivity contribution in [1.82, 2.24) is 40.4 Å². The molecule has 0 radical (unpaired) electrons. The standard InChI is InChI=1S/C44H67ClN8O10.C26H34ClN7O3/c1-2-48-42(54)9-17-56-21-25-60-29-31-63-32-30-61-26-22-57-18-10-43(55)49-11-19-58-23-27-62-28-24-59-20-16-52-12-14-53(15-13-52)37-6-3-35(4-7-37)44-38-33-36(45)5-8-39(38)50-41(51-44)34-40(46)47;1-35-14-15-37-17-16-36-13-12-33-8-10-34(11-9-33)21-5-2-19(3-6-21)24-22-18-20(27)4-7-23(22)30-26(31-24)32-25(28)29/h3-8,33H,2,9-32,34H2,1H3,(H3,46,47)(H,48,54)(H,49,55);2-7,18H,8-17H2,1H3,(H4,28,29,30,31,32). The monoisotopic (exact) mass is 1430 g/mol. The average molecular weight is 1430 g/mol. The number of hydrogen-bond donors (Lipinski definition) is 6. The number of ether oxygens (including phenoxy) is 11. The van der Waals surface area contributed by atoms with E-state index < -0.39 is 0 Å². The van der Waals surface area contributed by atoms with Gasteiger partial charge in [-0.3, -0.25) is 24.8 Å². The Hall–Kier alpha value is -7.10. The summed E-state index contributed by atoms with van der Waals surface area (Å²) in [6.45, 7) is 22.7. The van der Waals surface area contributed by atoms with E-state index >= 15 is 0 Å². The molecule has 0 aliphatic carbocycles. The van der Waals surface area contributed by atoms with E-state index in [2.05, 4.69) is 98.7 Å². The fourth-order valence-corrected chi connectivity index (χ4v) is 10.9. The molecule has 4 aromatic carbocycles. The number of carbonyl (C=O) groups excluding carboxylic acids is 2. The number of halogens is 2. The smallest absolute Gasteiger partial charge is 0.253 e. The van der Waals surface area contributed by atoms with Gasteiger partial charge in [-0.2, -0.15) is 4.99 Å². The van der Waals surface area contributed by atoms with Gasteiger partial charge in [0.1, 0.15) is 5.82 Å². The van der Waals surface area contributed by atoms with Gasteiger partial charge in [-0.05, 0) is 67.6 Å². The number of anilines is 2. The van der Waals surface area contributed by atoms with Crippen molar-refractivity contribution in [2.45, 2.75) is 26.2 Å². The van der Waals surface area contributed by atoms with Gasteiger partial charge >= 0.3 is 0 Å². The summed E-state index contributed by atoms with van der Waals surface area (Å²) in [5.41, 5.74) is 24.0. The van der Waals surface area contributed by atoms with Crippen molar-refractivity contribution in [1.29, 1.82) is 5.41 Å². The van der Waals surface area contributed by atoms with Crippen LogP contribution in [0.5, 0.6) is 0 Å². The molecule has 2 fully saturated rings. The van der Waals surface area contributed by atoms with Crippen LogP contribution in [0, 0.1) is 5.41 Å². The molecule has 30 heteroatoms. The average Bonchev–Trinajstić information content (AvgIpc) is 0.791. The predicted molar refractivity (Wildman–Crippen MR) is 389 cm³/mol. The van der Waals surface area contributed by atoms with Crippen LogP contribution < -0.4 is 37.6 Å². The van der Waals surface area contributed by atoms with E-state index in [1.807, 2.05) is 31.2 Å². The first-order valence-corrected chi connectivity index (χ1v) is 34.9. The Balaban J connectivity index is 0.000000320. The molecule has 9 N–H and O–H groups in total. The number of nitrogens with two attached hydrogens (primary N) is 3. The minimum Gasteiger partial charge on any atom is -0.387 e. The molecule has 0 unspecified atom stereocenters. The second-order valence-corrected chi connectivity index (χ2v) is 24.0. The van der Waals surface area contributed by atoms with Crippen LogP contribution in [0.4, 0.5) is 17.3 Å². The molecule has 8 rings (SSSR count). The highest BCUT2D eigenvalue weighted by atomic mass is 35.5. The molecule has 2 saturated heterocycles. The van der Waals surface area contributed by atoms with Crippen molar-refractivity contribution in [3.63, 3.8) is 0 Å². The number of carbonyl (C=O) groups is 2. The fourth-order valence-electron chi connectivity index (χ4n) is 10.6. The molecular formula is C70H101Cl2N15O13. The Morgan fingerprint density at radius 3 is 1.29 bits per heavy atom. The molecule has 0 spiro atoms. The number of aromatic nitrogens is 4. The molecular weight excluding hydrogens is 1330 g/mol. The van der Waals surface area contributed by atoms with E-state index in [4.69, 9.17) is 103 Å². The van der Waals surface area contributed by atoms with Gasteiger partial charge in [0.15, 0.2) is 5.96 Å². The maximum atomic E-state index is 12.0. The van der Waals surface area contributed by atoms with Gasteiger partial charge in [-0.25, -0.2) is 19.9 Å². The molecule has 28 nitrogen and oxygen atoms in total. The van der Waals surface area contributed by atoms with Gasteiger partial charge in [0, 0.05) is 142 Å². The summed E-state index contributed by atoms with van der Waals surface area (Å²) in [6, 6.07) is 27.8. The molecule has 0 atom stereocenters. The summed E-state index contributed by atoms with van der Waals surface area (Å²) in [6.07, 6.45) is 0.807. The number of nitrogens with zero attached hydrogens (tertiary/aromatic N) is 9. The summed E-state index contributed by atoms with van der Waals surface area (Å²) in [7, 11) is 1.67. The largest absolute Gasteiger partial charge is 0.387 e. The van der Waals surface area contributed by atoms with Gasteiger partial charge < -0.3 is 89.7 Å². The van der Waals surface area contributed by atoms with Gasteiger partial charge in [-0.15, -0.1) is 0 Å². The number of fused-ring (bicyclic) bond motifs is 2. The van der Waals surface area contributed by atoms with Crippen molar-refractivity contribution in [3.8, 4) is 22.5 Å². The number of amidine groups is 1. The first-order chi connectivity index (χ1) is 48.8. The van der Waals surface area contributed by atoms with Crippen molar-refractivity contribution in [3.05, 3.63) is 101 Å². The molecule has 0 saturated carbocycles. The number of benzene rings is 4. The quantitative estimate of drug-likeness (QED) is 0.0159. The zero-order chi connectivity index (χ0) is 70.8. The Labute approximate surface area is 596 Å². The second kappa shape index (κ2) is 47.2. The number of rotatable bonds is 47. The summed E-state index contributed by atoms with van der Waals surface area (Å²) in [5, 5.41) is 16.2. The Bertz CT molecular complexity index is 3370. The van der Waals surface area contributed by atoms with Gasteiger partial charge in [0.05, 0.1) is 173 Å².